The molecule has 2 rings (SSSR count). The van der Waals surface area contributed by atoms with Gasteiger partial charge in [-0.2, -0.15) is 5.21 Å². The lowest BCUT2D eigenvalue weighted by atomic mass is 10.1. The molecule has 0 aliphatic heterocycles. The van der Waals surface area contributed by atoms with Crippen LogP contribution in [0.15, 0.2) is 24.3 Å². The first-order chi connectivity index (χ1) is 10.00. The molecule has 1 aromatic carbocycles. The SMILES string of the molecule is CNCc1ccc(CS(=O)(=O)NC(C)c2nn[nH]n2)cc1. The molecule has 0 aliphatic carbocycles. The summed E-state index contributed by atoms with van der Waals surface area (Å²) in [5.41, 5.74) is 1.83. The summed E-state index contributed by atoms with van der Waals surface area (Å²) in [5, 5.41) is 16.3. The highest BCUT2D eigenvalue weighted by Gasteiger charge is 2.19. The Morgan fingerprint density at radius 3 is 2.48 bits per heavy atom. The van der Waals surface area contributed by atoms with Crippen molar-refractivity contribution in [2.75, 3.05) is 7.05 Å². The minimum atomic E-state index is -3.47. The molecule has 1 unspecified atom stereocenters. The predicted molar refractivity (Wildman–Crippen MR) is 77.6 cm³/mol. The third-order valence-corrected chi connectivity index (χ3v) is 4.29. The molecule has 1 heterocycles. The van der Waals surface area contributed by atoms with Gasteiger partial charge in [-0.1, -0.05) is 29.5 Å². The summed E-state index contributed by atoms with van der Waals surface area (Å²) < 4.78 is 26.7. The van der Waals surface area contributed by atoms with Gasteiger partial charge in [0.2, 0.25) is 10.0 Å². The first-order valence-electron chi connectivity index (χ1n) is 6.46. The van der Waals surface area contributed by atoms with E-state index in [1.807, 2.05) is 31.3 Å². The Bertz CT molecular complexity index is 654. The quantitative estimate of drug-likeness (QED) is 0.668. The minimum absolute atomic E-state index is 0.0883. The van der Waals surface area contributed by atoms with Crippen LogP contribution in [0.25, 0.3) is 0 Å². The van der Waals surface area contributed by atoms with Crippen molar-refractivity contribution in [2.24, 2.45) is 0 Å². The second kappa shape index (κ2) is 6.74. The largest absolute Gasteiger partial charge is 0.316 e. The van der Waals surface area contributed by atoms with Gasteiger partial charge in [-0.15, -0.1) is 10.2 Å². The molecule has 3 N–H and O–H groups in total. The van der Waals surface area contributed by atoms with Crippen molar-refractivity contribution < 1.29 is 8.42 Å². The highest BCUT2D eigenvalue weighted by Crippen LogP contribution is 2.11. The zero-order valence-corrected chi connectivity index (χ0v) is 12.7. The summed E-state index contributed by atoms with van der Waals surface area (Å²) in [5.74, 6) is 0.220. The van der Waals surface area contributed by atoms with E-state index in [9.17, 15) is 8.42 Å². The minimum Gasteiger partial charge on any atom is -0.316 e. The maximum Gasteiger partial charge on any atom is 0.216 e. The van der Waals surface area contributed by atoms with Crippen LogP contribution in [0.2, 0.25) is 0 Å². The fourth-order valence-corrected chi connectivity index (χ4v) is 3.25. The highest BCUT2D eigenvalue weighted by atomic mass is 32.2. The van der Waals surface area contributed by atoms with E-state index >= 15 is 0 Å². The van der Waals surface area contributed by atoms with Gasteiger partial charge in [0.15, 0.2) is 5.82 Å². The number of rotatable bonds is 7. The Morgan fingerprint density at radius 1 is 1.24 bits per heavy atom. The van der Waals surface area contributed by atoms with Crippen molar-refractivity contribution >= 4 is 10.0 Å². The van der Waals surface area contributed by atoms with Crippen molar-refractivity contribution in [3.05, 3.63) is 41.2 Å². The Morgan fingerprint density at radius 2 is 1.90 bits per heavy atom. The molecule has 2 aromatic rings. The molecule has 0 spiro atoms. The molecule has 0 saturated carbocycles. The fourth-order valence-electron chi connectivity index (χ4n) is 1.89. The summed E-state index contributed by atoms with van der Waals surface area (Å²) in [4.78, 5) is 0. The van der Waals surface area contributed by atoms with Crippen LogP contribution in [-0.2, 0) is 22.3 Å². The van der Waals surface area contributed by atoms with Gasteiger partial charge in [0, 0.05) is 6.54 Å². The zero-order valence-electron chi connectivity index (χ0n) is 11.9. The maximum absolute atomic E-state index is 12.1. The van der Waals surface area contributed by atoms with Gasteiger partial charge >= 0.3 is 0 Å². The Labute approximate surface area is 123 Å². The zero-order chi connectivity index (χ0) is 15.3. The summed E-state index contributed by atoms with van der Waals surface area (Å²) in [7, 11) is -1.61. The van der Waals surface area contributed by atoms with Crippen LogP contribution in [0.5, 0.6) is 0 Å². The molecule has 0 bridgehead atoms. The Balaban J connectivity index is 2.00. The number of hydrogen-bond acceptors (Lipinski definition) is 6. The van der Waals surface area contributed by atoms with Gasteiger partial charge < -0.3 is 5.32 Å². The smallest absolute Gasteiger partial charge is 0.216 e. The van der Waals surface area contributed by atoms with Crippen LogP contribution in [0.4, 0.5) is 0 Å². The molecule has 0 fully saturated rings. The van der Waals surface area contributed by atoms with Crippen molar-refractivity contribution in [2.45, 2.75) is 25.3 Å². The molecular formula is C12H18N6O2S. The predicted octanol–water partition coefficient (Wildman–Crippen LogP) is 0.0997. The first kappa shape index (κ1) is 15.5. The van der Waals surface area contributed by atoms with E-state index in [2.05, 4.69) is 30.7 Å². The van der Waals surface area contributed by atoms with Gasteiger partial charge in [0.05, 0.1) is 11.8 Å². The molecule has 8 nitrogen and oxygen atoms in total. The van der Waals surface area contributed by atoms with Crippen LogP contribution in [0.3, 0.4) is 0 Å². The van der Waals surface area contributed by atoms with E-state index in [1.165, 1.54) is 0 Å². The summed E-state index contributed by atoms with van der Waals surface area (Å²) in [6, 6.07) is 6.90. The second-order valence-electron chi connectivity index (χ2n) is 4.72. The van der Waals surface area contributed by atoms with Crippen molar-refractivity contribution in [3.8, 4) is 0 Å². The maximum atomic E-state index is 12.1. The van der Waals surface area contributed by atoms with E-state index in [4.69, 9.17) is 0 Å². The first-order valence-corrected chi connectivity index (χ1v) is 8.11. The van der Waals surface area contributed by atoms with Gasteiger partial charge in [0.25, 0.3) is 0 Å². The van der Waals surface area contributed by atoms with Crippen LogP contribution < -0.4 is 10.0 Å². The normalized spacial score (nSPS) is 13.2. The van der Waals surface area contributed by atoms with Crippen molar-refractivity contribution in [3.63, 3.8) is 0 Å². The standard InChI is InChI=1S/C12H18N6O2S/c1-9(12-14-17-18-15-12)16-21(19,20)8-11-5-3-10(4-6-11)7-13-2/h3-6,9,13,16H,7-8H2,1-2H3,(H,14,15,17,18). The van der Waals surface area contributed by atoms with Crippen molar-refractivity contribution in [1.82, 2.24) is 30.7 Å². The van der Waals surface area contributed by atoms with Crippen LogP contribution >= 0.6 is 0 Å². The number of H-pyrrole nitrogens is 1. The molecule has 0 aliphatic rings. The monoisotopic (exact) mass is 310 g/mol. The number of nitrogens with one attached hydrogen (secondary N) is 3. The van der Waals surface area contributed by atoms with E-state index < -0.39 is 16.1 Å². The average Bonchev–Trinajstić information content (AvgIpc) is 2.94. The number of tetrazole rings is 1. The molecule has 114 valence electrons. The molecule has 1 atom stereocenters. The van der Waals surface area contributed by atoms with E-state index in [0.29, 0.717) is 5.82 Å². The number of sulfonamides is 1. The lowest BCUT2D eigenvalue weighted by molar-refractivity contribution is 0.559. The summed E-state index contributed by atoms with van der Waals surface area (Å²) in [6.45, 7) is 2.42. The van der Waals surface area contributed by atoms with Crippen LogP contribution in [-0.4, -0.2) is 36.1 Å². The van der Waals surface area contributed by atoms with Crippen molar-refractivity contribution in [1.29, 1.82) is 0 Å². The summed E-state index contributed by atoms with van der Waals surface area (Å²) >= 11 is 0. The topological polar surface area (TPSA) is 113 Å². The molecule has 0 saturated heterocycles. The van der Waals surface area contributed by atoms with Gasteiger partial charge in [0.1, 0.15) is 0 Å². The average molecular weight is 310 g/mol. The lowest BCUT2D eigenvalue weighted by Gasteiger charge is -2.11. The van der Waals surface area contributed by atoms with Gasteiger partial charge in [-0.05, 0) is 25.1 Å². The molecule has 0 amide bonds. The summed E-state index contributed by atoms with van der Waals surface area (Å²) in [6.07, 6.45) is 0. The molecule has 9 heteroatoms. The third-order valence-electron chi connectivity index (χ3n) is 2.87. The molecule has 1 aromatic heterocycles. The van der Waals surface area contributed by atoms with Crippen LogP contribution in [0.1, 0.15) is 29.9 Å². The third kappa shape index (κ3) is 4.59. The fraction of sp³-hybridized carbons (Fsp3) is 0.417. The van der Waals surface area contributed by atoms with E-state index in [-0.39, 0.29) is 5.75 Å². The number of aromatic amines is 1. The Kier molecular flexibility index (Phi) is 4.99. The number of hydrogen-bond donors (Lipinski definition) is 3. The molecular weight excluding hydrogens is 292 g/mol. The lowest BCUT2D eigenvalue weighted by Crippen LogP contribution is -2.28. The molecule has 0 radical (unpaired) electrons. The van der Waals surface area contributed by atoms with Gasteiger partial charge in [-0.3, -0.25) is 0 Å². The number of aromatic nitrogens is 4. The number of benzene rings is 1. The second-order valence-corrected chi connectivity index (χ2v) is 6.47. The van der Waals surface area contributed by atoms with E-state index in [0.717, 1.165) is 17.7 Å². The molecule has 21 heavy (non-hydrogen) atoms. The van der Waals surface area contributed by atoms with Gasteiger partial charge in [-0.25, -0.2) is 13.1 Å². The Hall–Kier alpha value is -1.84. The number of nitrogens with zero attached hydrogens (tertiary/aromatic N) is 3. The highest BCUT2D eigenvalue weighted by molar-refractivity contribution is 7.88. The van der Waals surface area contributed by atoms with Crippen LogP contribution in [0, 0.1) is 0 Å². The van der Waals surface area contributed by atoms with E-state index in [1.54, 1.807) is 6.92 Å².